The Kier molecular flexibility index (Phi) is 9.42. The van der Waals surface area contributed by atoms with Gasteiger partial charge in [-0.05, 0) is 61.4 Å². The SMILES string of the molecule is CCCCCCOc1ccc(-c2nnc(-c3ccc(OCCCCCC)cc3)o2)cc1. The summed E-state index contributed by atoms with van der Waals surface area (Å²) in [7, 11) is 0. The molecule has 3 aromatic rings. The number of hydrogen-bond donors (Lipinski definition) is 0. The van der Waals surface area contributed by atoms with E-state index in [9.17, 15) is 0 Å². The molecule has 0 radical (unpaired) electrons. The van der Waals surface area contributed by atoms with Crippen LogP contribution in [0.25, 0.3) is 22.9 Å². The summed E-state index contributed by atoms with van der Waals surface area (Å²) >= 11 is 0. The van der Waals surface area contributed by atoms with Gasteiger partial charge in [0.05, 0.1) is 13.2 Å². The Hall–Kier alpha value is -2.82. The Bertz CT molecular complexity index is 800. The third-order valence-electron chi connectivity index (χ3n) is 5.16. The van der Waals surface area contributed by atoms with Gasteiger partial charge in [0.15, 0.2) is 0 Å². The van der Waals surface area contributed by atoms with Gasteiger partial charge in [-0.2, -0.15) is 0 Å². The lowest BCUT2D eigenvalue weighted by molar-refractivity contribution is 0.305. The fraction of sp³-hybridized carbons (Fsp3) is 0.462. The number of ether oxygens (including phenoxy) is 2. The first-order valence-corrected chi connectivity index (χ1v) is 11.6. The van der Waals surface area contributed by atoms with Gasteiger partial charge < -0.3 is 13.9 Å². The minimum Gasteiger partial charge on any atom is -0.494 e. The lowest BCUT2D eigenvalue weighted by atomic mass is 10.2. The van der Waals surface area contributed by atoms with Gasteiger partial charge in [0, 0.05) is 11.1 Å². The molecule has 0 aliphatic heterocycles. The van der Waals surface area contributed by atoms with E-state index >= 15 is 0 Å². The van der Waals surface area contributed by atoms with Crippen LogP contribution in [0.2, 0.25) is 0 Å². The van der Waals surface area contributed by atoms with Gasteiger partial charge in [0.1, 0.15) is 11.5 Å². The maximum atomic E-state index is 5.88. The zero-order chi connectivity index (χ0) is 21.7. The molecule has 3 rings (SSSR count). The maximum Gasteiger partial charge on any atom is 0.248 e. The highest BCUT2D eigenvalue weighted by molar-refractivity contribution is 5.59. The summed E-state index contributed by atoms with van der Waals surface area (Å²) < 4.78 is 17.5. The third-order valence-corrected chi connectivity index (χ3v) is 5.16. The average Bonchev–Trinajstić information content (AvgIpc) is 3.30. The molecule has 0 aliphatic rings. The number of rotatable bonds is 14. The summed E-state index contributed by atoms with van der Waals surface area (Å²) in [5.41, 5.74) is 1.76. The second-order valence-corrected chi connectivity index (χ2v) is 7.78. The van der Waals surface area contributed by atoms with E-state index in [1.807, 2.05) is 48.5 Å². The van der Waals surface area contributed by atoms with Crippen molar-refractivity contribution < 1.29 is 13.9 Å². The fourth-order valence-electron chi connectivity index (χ4n) is 3.28. The molecule has 5 heteroatoms. The Labute approximate surface area is 185 Å². The van der Waals surface area contributed by atoms with Crippen molar-refractivity contribution in [1.29, 1.82) is 0 Å². The van der Waals surface area contributed by atoms with Gasteiger partial charge in [-0.1, -0.05) is 52.4 Å². The van der Waals surface area contributed by atoms with Gasteiger partial charge in [0.25, 0.3) is 0 Å². The van der Waals surface area contributed by atoms with Crippen LogP contribution in [-0.2, 0) is 0 Å². The molecule has 0 saturated carbocycles. The standard InChI is InChI=1S/C26H34N2O3/c1-3-5-7-9-19-29-23-15-11-21(12-16-23)25-27-28-26(31-25)22-13-17-24(18-14-22)30-20-10-8-6-4-2/h11-18H,3-10,19-20H2,1-2H3. The molecule has 0 fully saturated rings. The molecule has 0 N–H and O–H groups in total. The van der Waals surface area contributed by atoms with Crippen LogP contribution < -0.4 is 9.47 Å². The normalized spacial score (nSPS) is 10.9. The van der Waals surface area contributed by atoms with Crippen molar-refractivity contribution in [2.75, 3.05) is 13.2 Å². The third kappa shape index (κ3) is 7.42. The van der Waals surface area contributed by atoms with E-state index in [4.69, 9.17) is 13.9 Å². The molecule has 0 spiro atoms. The Morgan fingerprint density at radius 1 is 0.581 bits per heavy atom. The minimum absolute atomic E-state index is 0.501. The van der Waals surface area contributed by atoms with Crippen LogP contribution in [0.15, 0.2) is 52.9 Å². The van der Waals surface area contributed by atoms with Crippen LogP contribution in [0, 0.1) is 0 Å². The van der Waals surface area contributed by atoms with Crippen molar-refractivity contribution >= 4 is 0 Å². The summed E-state index contributed by atoms with van der Waals surface area (Å²) in [6.45, 7) is 5.93. The maximum absolute atomic E-state index is 5.88. The van der Waals surface area contributed by atoms with Crippen molar-refractivity contribution in [2.24, 2.45) is 0 Å². The largest absolute Gasteiger partial charge is 0.494 e. The minimum atomic E-state index is 0.501. The summed E-state index contributed by atoms with van der Waals surface area (Å²) in [4.78, 5) is 0. The highest BCUT2D eigenvalue weighted by Crippen LogP contribution is 2.26. The number of unbranched alkanes of at least 4 members (excludes halogenated alkanes) is 6. The second-order valence-electron chi connectivity index (χ2n) is 7.78. The first-order valence-electron chi connectivity index (χ1n) is 11.6. The van der Waals surface area contributed by atoms with Crippen molar-refractivity contribution in [2.45, 2.75) is 65.2 Å². The predicted octanol–water partition coefficient (Wildman–Crippen LogP) is 7.32. The molecule has 166 valence electrons. The molecule has 0 saturated heterocycles. The van der Waals surface area contributed by atoms with Crippen LogP contribution in [0.5, 0.6) is 11.5 Å². The van der Waals surface area contributed by atoms with E-state index in [1.54, 1.807) is 0 Å². The summed E-state index contributed by atoms with van der Waals surface area (Å²) in [6, 6.07) is 15.6. The number of benzene rings is 2. The van der Waals surface area contributed by atoms with Crippen molar-refractivity contribution in [3.05, 3.63) is 48.5 Å². The predicted molar refractivity (Wildman–Crippen MR) is 124 cm³/mol. The quantitative estimate of drug-likeness (QED) is 0.255. The summed E-state index contributed by atoms with van der Waals surface area (Å²) in [5.74, 6) is 2.73. The molecular formula is C26H34N2O3. The molecule has 0 atom stereocenters. The molecule has 1 aromatic heterocycles. The summed E-state index contributed by atoms with van der Waals surface area (Å²) in [6.07, 6.45) is 9.59. The second kappa shape index (κ2) is 12.8. The molecule has 0 aliphatic carbocycles. The van der Waals surface area contributed by atoms with Gasteiger partial charge in [-0.25, -0.2) is 0 Å². The molecule has 0 unspecified atom stereocenters. The topological polar surface area (TPSA) is 57.4 Å². The van der Waals surface area contributed by atoms with E-state index < -0.39 is 0 Å². The van der Waals surface area contributed by atoms with Gasteiger partial charge >= 0.3 is 0 Å². The summed E-state index contributed by atoms with van der Waals surface area (Å²) in [5, 5.41) is 8.40. The molecule has 31 heavy (non-hydrogen) atoms. The Morgan fingerprint density at radius 3 is 1.39 bits per heavy atom. The van der Waals surface area contributed by atoms with Crippen LogP contribution in [0.1, 0.15) is 65.2 Å². The number of nitrogens with zero attached hydrogens (tertiary/aromatic N) is 2. The molecule has 2 aromatic carbocycles. The van der Waals surface area contributed by atoms with Crippen molar-refractivity contribution in [3.63, 3.8) is 0 Å². The van der Waals surface area contributed by atoms with Crippen LogP contribution in [-0.4, -0.2) is 23.4 Å². The van der Waals surface area contributed by atoms with Gasteiger partial charge in [-0.3, -0.25) is 0 Å². The van der Waals surface area contributed by atoms with E-state index in [0.29, 0.717) is 11.8 Å². The van der Waals surface area contributed by atoms with Crippen LogP contribution in [0.4, 0.5) is 0 Å². The van der Waals surface area contributed by atoms with E-state index in [2.05, 4.69) is 24.0 Å². The fourth-order valence-corrected chi connectivity index (χ4v) is 3.28. The highest BCUT2D eigenvalue weighted by Gasteiger charge is 2.11. The average molecular weight is 423 g/mol. The number of hydrogen-bond acceptors (Lipinski definition) is 5. The molecular weight excluding hydrogens is 388 g/mol. The van der Waals surface area contributed by atoms with Gasteiger partial charge in [0.2, 0.25) is 11.8 Å². The first-order chi connectivity index (χ1) is 15.3. The Balaban J connectivity index is 1.51. The van der Waals surface area contributed by atoms with E-state index in [1.165, 1.54) is 38.5 Å². The lowest BCUT2D eigenvalue weighted by Gasteiger charge is -2.06. The molecule has 1 heterocycles. The zero-order valence-electron chi connectivity index (χ0n) is 18.8. The van der Waals surface area contributed by atoms with E-state index in [-0.39, 0.29) is 0 Å². The van der Waals surface area contributed by atoms with Crippen molar-refractivity contribution in [1.82, 2.24) is 10.2 Å². The van der Waals surface area contributed by atoms with Gasteiger partial charge in [-0.15, -0.1) is 10.2 Å². The number of aromatic nitrogens is 2. The monoisotopic (exact) mass is 422 g/mol. The van der Waals surface area contributed by atoms with Crippen LogP contribution in [0.3, 0.4) is 0 Å². The highest BCUT2D eigenvalue weighted by atomic mass is 16.5. The zero-order valence-corrected chi connectivity index (χ0v) is 18.8. The van der Waals surface area contributed by atoms with Crippen molar-refractivity contribution in [3.8, 4) is 34.4 Å². The first kappa shape index (κ1) is 22.9. The van der Waals surface area contributed by atoms with Crippen LogP contribution >= 0.6 is 0 Å². The van der Waals surface area contributed by atoms with E-state index in [0.717, 1.165) is 48.7 Å². The Morgan fingerprint density at radius 2 is 1.00 bits per heavy atom. The molecule has 0 bridgehead atoms. The molecule has 0 amide bonds. The lowest BCUT2D eigenvalue weighted by Crippen LogP contribution is -1.96. The smallest absolute Gasteiger partial charge is 0.248 e. The molecule has 5 nitrogen and oxygen atoms in total.